The van der Waals surface area contributed by atoms with Gasteiger partial charge in [0.25, 0.3) is 0 Å². The second-order valence-electron chi connectivity index (χ2n) is 33.8. The Kier molecular flexibility index (Phi) is 15.0. The number of hydrogen-bond donors (Lipinski definition) is 0. The van der Waals surface area contributed by atoms with Crippen molar-refractivity contribution < 1.29 is 0 Å². The van der Waals surface area contributed by atoms with Crippen LogP contribution in [0.5, 0.6) is 0 Å². The molecule has 2 heteroatoms. The van der Waals surface area contributed by atoms with Gasteiger partial charge in [-0.3, -0.25) is 0 Å². The molecule has 0 radical (unpaired) electrons. The number of aryl methyl sites for hydroxylation is 1. The minimum atomic E-state index is -0.483. The molecular weight excluding hydrogens is 1290 g/mol. The van der Waals surface area contributed by atoms with Gasteiger partial charge in [0.1, 0.15) is 0 Å². The molecule has 8 aliphatic rings. The highest BCUT2D eigenvalue weighted by atomic mass is 15.2. The monoisotopic (exact) mass is 1380 g/mol. The van der Waals surface area contributed by atoms with Crippen molar-refractivity contribution in [1.82, 2.24) is 0 Å². The van der Waals surface area contributed by atoms with E-state index in [9.17, 15) is 0 Å². The molecule has 0 N–H and O–H groups in total. The maximum atomic E-state index is 2.50. The molecule has 0 aliphatic heterocycles. The molecule has 0 atom stereocenters. The predicted octanol–water partition coefficient (Wildman–Crippen LogP) is 27.7. The van der Waals surface area contributed by atoms with Crippen LogP contribution in [0, 0.1) is 24.7 Å². The Bertz CT molecular complexity index is 5650. The molecule has 4 saturated carbocycles. The van der Waals surface area contributed by atoms with E-state index in [0.717, 1.165) is 34.8 Å². The van der Waals surface area contributed by atoms with Crippen molar-refractivity contribution in [2.45, 2.75) is 114 Å². The van der Waals surface area contributed by atoms with Crippen molar-refractivity contribution in [2.24, 2.45) is 17.8 Å². The Hall–Kier alpha value is -11.3. The Balaban J connectivity index is 0.000000151. The molecule has 0 spiro atoms. The van der Waals surface area contributed by atoms with Gasteiger partial charge >= 0.3 is 0 Å². The minimum absolute atomic E-state index is 0.0630. The lowest BCUT2D eigenvalue weighted by atomic mass is 9.48. The summed E-state index contributed by atoms with van der Waals surface area (Å²) in [5.41, 5.74) is 38.7. The Labute approximate surface area is 632 Å². The number of benzene rings is 14. The van der Waals surface area contributed by atoms with Crippen LogP contribution in [-0.4, -0.2) is 0 Å². The van der Waals surface area contributed by atoms with Crippen LogP contribution >= 0.6 is 0 Å². The van der Waals surface area contributed by atoms with Gasteiger partial charge < -0.3 is 9.80 Å². The van der Waals surface area contributed by atoms with Gasteiger partial charge in [0.15, 0.2) is 0 Å². The van der Waals surface area contributed by atoms with Gasteiger partial charge in [-0.05, 0) is 258 Å². The third kappa shape index (κ3) is 10.2. The summed E-state index contributed by atoms with van der Waals surface area (Å²) in [6.07, 6.45) is 8.66. The zero-order valence-corrected chi connectivity index (χ0v) is 62.5. The van der Waals surface area contributed by atoms with Gasteiger partial charge in [-0.1, -0.05) is 308 Å². The number of hydrogen-bond acceptors (Lipinski definition) is 2. The molecule has 22 rings (SSSR count). The van der Waals surface area contributed by atoms with Gasteiger partial charge in [0.2, 0.25) is 0 Å². The quantitative estimate of drug-likeness (QED) is 0.127. The van der Waals surface area contributed by atoms with Crippen LogP contribution < -0.4 is 9.80 Å². The highest BCUT2D eigenvalue weighted by molar-refractivity contribution is 5.95. The van der Waals surface area contributed by atoms with E-state index in [4.69, 9.17) is 0 Å². The first-order chi connectivity index (χ1) is 52.1. The van der Waals surface area contributed by atoms with Crippen molar-refractivity contribution >= 4 is 34.1 Å². The molecule has 4 fully saturated rings. The van der Waals surface area contributed by atoms with Crippen molar-refractivity contribution in [1.29, 1.82) is 0 Å². The maximum absolute atomic E-state index is 2.50. The van der Waals surface area contributed by atoms with E-state index in [-0.39, 0.29) is 16.2 Å². The lowest BCUT2D eigenvalue weighted by molar-refractivity contribution is -0.00518. The molecule has 0 aromatic heterocycles. The van der Waals surface area contributed by atoms with Crippen LogP contribution in [0.4, 0.5) is 34.1 Å². The molecule has 4 bridgehead atoms. The molecule has 107 heavy (non-hydrogen) atoms. The van der Waals surface area contributed by atoms with E-state index < -0.39 is 5.41 Å². The molecule has 0 unspecified atom stereocenters. The lowest BCUT2D eigenvalue weighted by Gasteiger charge is -2.57. The lowest BCUT2D eigenvalue weighted by Crippen LogP contribution is -2.48. The highest BCUT2D eigenvalue weighted by Gasteiger charge is 2.52. The predicted molar refractivity (Wildman–Crippen MR) is 448 cm³/mol. The van der Waals surface area contributed by atoms with Crippen molar-refractivity contribution in [3.8, 4) is 66.8 Å². The second kappa shape index (κ2) is 24.6. The van der Waals surface area contributed by atoms with E-state index in [0.29, 0.717) is 5.41 Å². The van der Waals surface area contributed by atoms with Crippen molar-refractivity contribution in [3.63, 3.8) is 0 Å². The minimum Gasteiger partial charge on any atom is -0.310 e. The van der Waals surface area contributed by atoms with Crippen LogP contribution in [0.15, 0.2) is 328 Å². The topological polar surface area (TPSA) is 6.48 Å². The zero-order chi connectivity index (χ0) is 72.1. The Morgan fingerprint density at radius 2 is 0.589 bits per heavy atom. The Morgan fingerprint density at radius 3 is 1.10 bits per heavy atom. The van der Waals surface area contributed by atoms with Gasteiger partial charge in [-0.15, -0.1) is 0 Å². The second-order valence-corrected chi connectivity index (χ2v) is 33.8. The fraction of sp³-hybridized carbons (Fsp3) is 0.200. The van der Waals surface area contributed by atoms with E-state index in [1.54, 1.807) is 5.56 Å². The van der Waals surface area contributed by atoms with Crippen molar-refractivity contribution in [3.05, 3.63) is 394 Å². The first-order valence-corrected chi connectivity index (χ1v) is 39.2. The molecular formula is C105H90N2. The molecule has 14 aromatic carbocycles. The van der Waals surface area contributed by atoms with Gasteiger partial charge in [0.05, 0.1) is 11.1 Å². The van der Waals surface area contributed by atoms with Gasteiger partial charge in [-0.2, -0.15) is 0 Å². The van der Waals surface area contributed by atoms with Gasteiger partial charge in [-0.25, -0.2) is 0 Å². The standard InChI is InChI=1S/C62H53N.C43H37N/c1-60(2)56-19-11-9-18-53(56)55-36-50(30-32-57(55)60)63(49-27-23-45(24-28-49)44-21-25-46(26-22-44)61-38-41-33-42(39-61)35-43(34-41)40-61)51-29-31-54-52-17-10-12-20-58(52)62(59(54)37-51,47-13-5-3-6-14-47)48-15-7-4-8-16-48;1-28-18-20-29(21-19-28)32-12-8-11-17-41(32)44(30-22-24-35-33-13-6-9-15-37(33)42(2,3)39(35)26-30)31-23-25-36-34-14-7-10-16-38(34)43(4,5)40(36)27-31/h3-32,36-37,41-43H,33-35,38-40H2,1-2H3;6-27H,1-5H3. The zero-order valence-electron chi connectivity index (χ0n) is 62.5. The van der Waals surface area contributed by atoms with Crippen LogP contribution in [0.25, 0.3) is 66.8 Å². The molecule has 8 aliphatic carbocycles. The average Bonchev–Trinajstić information content (AvgIpc) is 1.53. The summed E-state index contributed by atoms with van der Waals surface area (Å²) in [6, 6.07) is 124. The summed E-state index contributed by atoms with van der Waals surface area (Å²) in [6.45, 7) is 16.3. The van der Waals surface area contributed by atoms with Crippen LogP contribution in [0.1, 0.15) is 147 Å². The number of anilines is 6. The first-order valence-electron chi connectivity index (χ1n) is 39.2. The van der Waals surface area contributed by atoms with Crippen molar-refractivity contribution in [2.75, 3.05) is 9.80 Å². The number of fused-ring (bicyclic) bond motifs is 12. The molecule has 0 saturated heterocycles. The fourth-order valence-corrected chi connectivity index (χ4v) is 21.9. The summed E-state index contributed by atoms with van der Waals surface area (Å²) in [5, 5.41) is 0. The summed E-state index contributed by atoms with van der Waals surface area (Å²) in [4.78, 5) is 4.98. The van der Waals surface area contributed by atoms with Gasteiger partial charge in [0, 0.05) is 50.2 Å². The average molecular weight is 1380 g/mol. The number of nitrogens with zero attached hydrogens (tertiary/aromatic N) is 2. The Morgan fingerprint density at radius 1 is 0.243 bits per heavy atom. The number of rotatable bonds is 11. The van der Waals surface area contributed by atoms with Crippen LogP contribution in [-0.2, 0) is 27.1 Å². The number of para-hydroxylation sites is 1. The largest absolute Gasteiger partial charge is 0.310 e. The SMILES string of the molecule is CC1(C)c2ccccc2-c2cc(N(c3ccc(-c4ccc(C56CC7CC(CC(C7)C5)C6)cc4)cc3)c3ccc4c(c3)C(c3ccccc3)(c3ccccc3)c3ccccc3-4)ccc21.Cc1ccc(-c2ccccc2N(c2ccc3c(c2)C(C)(C)c2ccccc2-3)c2ccc3c(c2)C(C)(C)c2ccccc2-3)cc1. The van der Waals surface area contributed by atoms with Crippen LogP contribution in [0.3, 0.4) is 0 Å². The van der Waals surface area contributed by atoms with Crippen LogP contribution in [0.2, 0.25) is 0 Å². The maximum Gasteiger partial charge on any atom is 0.0714 e. The van der Waals surface area contributed by atoms with E-state index >= 15 is 0 Å². The smallest absolute Gasteiger partial charge is 0.0714 e. The van der Waals surface area contributed by atoms with E-state index in [1.165, 1.54) is 184 Å². The molecule has 2 nitrogen and oxygen atoms in total. The summed E-state index contributed by atoms with van der Waals surface area (Å²) in [7, 11) is 0. The summed E-state index contributed by atoms with van der Waals surface area (Å²) >= 11 is 0. The highest BCUT2D eigenvalue weighted by Crippen LogP contribution is 2.63. The summed E-state index contributed by atoms with van der Waals surface area (Å²) < 4.78 is 0. The summed E-state index contributed by atoms with van der Waals surface area (Å²) in [5.74, 6) is 2.85. The van der Waals surface area contributed by atoms with E-state index in [2.05, 4.69) is 386 Å². The third-order valence-electron chi connectivity index (χ3n) is 26.7. The first kappa shape index (κ1) is 65.2. The molecule has 520 valence electrons. The molecule has 0 heterocycles. The fourth-order valence-electron chi connectivity index (χ4n) is 21.9. The normalized spacial score (nSPS) is 19.4. The molecule has 0 amide bonds. The van der Waals surface area contributed by atoms with E-state index in [1.807, 2.05) is 0 Å². The molecule has 14 aromatic rings. The third-order valence-corrected chi connectivity index (χ3v) is 26.7.